The van der Waals surface area contributed by atoms with Crippen molar-refractivity contribution in [1.29, 1.82) is 5.26 Å². The molecule has 0 aliphatic heterocycles. The minimum Gasteiger partial charge on any atom is -0.330 e. The summed E-state index contributed by atoms with van der Waals surface area (Å²) >= 11 is 0. The first kappa shape index (κ1) is 5.58. The summed E-state index contributed by atoms with van der Waals surface area (Å²) in [4.78, 5) is 0. The molecular weight excluding hydrogens is 100 g/mol. The third-order valence-corrected chi connectivity index (χ3v) is 1.75. The molecular formula is C6H10N2. The van der Waals surface area contributed by atoms with Gasteiger partial charge < -0.3 is 5.73 Å². The van der Waals surface area contributed by atoms with Gasteiger partial charge in [0.1, 0.15) is 0 Å². The van der Waals surface area contributed by atoms with Crippen molar-refractivity contribution >= 4 is 0 Å². The minimum atomic E-state index is 0.323. The fourth-order valence-electron chi connectivity index (χ4n) is 1.03. The van der Waals surface area contributed by atoms with Gasteiger partial charge in [0.2, 0.25) is 0 Å². The fraction of sp³-hybridized carbons (Fsp3) is 0.833. The van der Waals surface area contributed by atoms with Crippen molar-refractivity contribution in [2.75, 3.05) is 6.54 Å². The molecule has 2 heteroatoms. The molecule has 0 aromatic carbocycles. The molecule has 0 spiro atoms. The zero-order valence-electron chi connectivity index (χ0n) is 4.80. The van der Waals surface area contributed by atoms with Gasteiger partial charge in [-0.05, 0) is 25.3 Å². The molecule has 1 rings (SSSR count). The Bertz CT molecular complexity index is 108. The lowest BCUT2D eigenvalue weighted by atomic mass is 9.76. The van der Waals surface area contributed by atoms with E-state index in [1.165, 1.54) is 0 Å². The average Bonchev–Trinajstić information content (AvgIpc) is 1.65. The Balaban J connectivity index is 2.14. The second-order valence-corrected chi connectivity index (χ2v) is 2.40. The first-order chi connectivity index (χ1) is 3.86. The highest BCUT2D eigenvalue weighted by Gasteiger charge is 2.26. The van der Waals surface area contributed by atoms with E-state index < -0.39 is 0 Å². The summed E-state index contributed by atoms with van der Waals surface area (Å²) in [6, 6.07) is 2.21. The molecule has 44 valence electrons. The van der Waals surface area contributed by atoms with Crippen LogP contribution in [0, 0.1) is 23.2 Å². The summed E-state index contributed by atoms with van der Waals surface area (Å²) in [5.74, 6) is 0.975. The lowest BCUT2D eigenvalue weighted by molar-refractivity contribution is 0.254. The second-order valence-electron chi connectivity index (χ2n) is 2.40. The van der Waals surface area contributed by atoms with E-state index in [-0.39, 0.29) is 0 Å². The van der Waals surface area contributed by atoms with Crippen LogP contribution in [-0.4, -0.2) is 6.54 Å². The Labute approximate surface area is 49.3 Å². The second kappa shape index (κ2) is 2.15. The van der Waals surface area contributed by atoms with E-state index in [1.807, 2.05) is 0 Å². The molecule has 2 nitrogen and oxygen atoms in total. The molecule has 0 amide bonds. The molecule has 1 saturated carbocycles. The SMILES string of the molecule is N#CC1CC(CN)C1. The summed E-state index contributed by atoms with van der Waals surface area (Å²) in [5.41, 5.74) is 5.34. The van der Waals surface area contributed by atoms with Crippen molar-refractivity contribution in [1.82, 2.24) is 0 Å². The van der Waals surface area contributed by atoms with E-state index in [2.05, 4.69) is 6.07 Å². The van der Waals surface area contributed by atoms with Crippen LogP contribution in [0.25, 0.3) is 0 Å². The van der Waals surface area contributed by atoms with Crippen LogP contribution < -0.4 is 5.73 Å². The van der Waals surface area contributed by atoms with Crippen LogP contribution in [-0.2, 0) is 0 Å². The molecule has 1 fully saturated rings. The van der Waals surface area contributed by atoms with Crippen molar-refractivity contribution < 1.29 is 0 Å². The predicted molar refractivity (Wildman–Crippen MR) is 30.9 cm³/mol. The molecule has 0 saturated heterocycles. The molecule has 1 aliphatic carbocycles. The normalized spacial score (nSPS) is 35.5. The van der Waals surface area contributed by atoms with Crippen LogP contribution in [0.3, 0.4) is 0 Å². The molecule has 0 heterocycles. The van der Waals surface area contributed by atoms with Crippen molar-refractivity contribution in [2.24, 2.45) is 17.6 Å². The molecule has 8 heavy (non-hydrogen) atoms. The summed E-state index contributed by atoms with van der Waals surface area (Å²) in [5, 5.41) is 8.31. The van der Waals surface area contributed by atoms with Crippen molar-refractivity contribution in [2.45, 2.75) is 12.8 Å². The third kappa shape index (κ3) is 0.823. The lowest BCUT2D eigenvalue weighted by Crippen LogP contribution is -2.28. The van der Waals surface area contributed by atoms with Gasteiger partial charge in [-0.1, -0.05) is 0 Å². The third-order valence-electron chi connectivity index (χ3n) is 1.75. The Morgan fingerprint density at radius 2 is 2.25 bits per heavy atom. The maximum absolute atomic E-state index is 8.31. The highest BCUT2D eigenvalue weighted by Crippen LogP contribution is 2.31. The molecule has 0 unspecified atom stereocenters. The van der Waals surface area contributed by atoms with E-state index in [9.17, 15) is 0 Å². The van der Waals surface area contributed by atoms with Crippen LogP contribution in [0.15, 0.2) is 0 Å². The monoisotopic (exact) mass is 110 g/mol. The van der Waals surface area contributed by atoms with Gasteiger partial charge in [0.05, 0.1) is 6.07 Å². The lowest BCUT2D eigenvalue weighted by Gasteiger charge is -2.28. The van der Waals surface area contributed by atoms with Crippen LogP contribution in [0.4, 0.5) is 0 Å². The van der Waals surface area contributed by atoms with E-state index in [0.717, 1.165) is 19.4 Å². The summed E-state index contributed by atoms with van der Waals surface area (Å²) < 4.78 is 0. The largest absolute Gasteiger partial charge is 0.330 e. The quantitative estimate of drug-likeness (QED) is 0.534. The Hall–Kier alpha value is -0.550. The standard InChI is InChI=1S/C6H10N2/c7-3-5-1-6(2-5)4-8/h5-6H,1-3,7H2. The number of hydrogen-bond acceptors (Lipinski definition) is 2. The van der Waals surface area contributed by atoms with E-state index >= 15 is 0 Å². The van der Waals surface area contributed by atoms with Crippen LogP contribution in [0.5, 0.6) is 0 Å². The fourth-order valence-corrected chi connectivity index (χ4v) is 1.03. The number of nitrogens with two attached hydrogens (primary N) is 1. The average molecular weight is 110 g/mol. The number of nitriles is 1. The van der Waals surface area contributed by atoms with Gasteiger partial charge >= 0.3 is 0 Å². The molecule has 0 aromatic rings. The topological polar surface area (TPSA) is 49.8 Å². The van der Waals surface area contributed by atoms with Gasteiger partial charge in [0.15, 0.2) is 0 Å². The van der Waals surface area contributed by atoms with Crippen LogP contribution >= 0.6 is 0 Å². The van der Waals surface area contributed by atoms with E-state index in [1.54, 1.807) is 0 Å². The van der Waals surface area contributed by atoms with Crippen LogP contribution in [0.2, 0.25) is 0 Å². The number of hydrogen-bond donors (Lipinski definition) is 1. The first-order valence-electron chi connectivity index (χ1n) is 2.96. The van der Waals surface area contributed by atoms with E-state index in [0.29, 0.717) is 11.8 Å². The smallest absolute Gasteiger partial charge is 0.0656 e. The summed E-state index contributed by atoms with van der Waals surface area (Å²) in [6.45, 7) is 0.762. The van der Waals surface area contributed by atoms with Gasteiger partial charge in [0.25, 0.3) is 0 Å². The van der Waals surface area contributed by atoms with Crippen molar-refractivity contribution in [3.8, 4) is 6.07 Å². The highest BCUT2D eigenvalue weighted by molar-refractivity contribution is 4.93. The Kier molecular flexibility index (Phi) is 1.50. The summed E-state index contributed by atoms with van der Waals surface area (Å²) in [7, 11) is 0. The number of nitrogens with zero attached hydrogens (tertiary/aromatic N) is 1. The van der Waals surface area contributed by atoms with Gasteiger partial charge in [0, 0.05) is 5.92 Å². The summed E-state index contributed by atoms with van der Waals surface area (Å²) in [6.07, 6.45) is 2.07. The maximum Gasteiger partial charge on any atom is 0.0656 e. The first-order valence-corrected chi connectivity index (χ1v) is 2.96. The molecule has 0 atom stereocenters. The molecule has 0 radical (unpaired) electrons. The Morgan fingerprint density at radius 3 is 2.62 bits per heavy atom. The van der Waals surface area contributed by atoms with Crippen molar-refractivity contribution in [3.05, 3.63) is 0 Å². The minimum absolute atomic E-state index is 0.323. The molecule has 1 aliphatic rings. The van der Waals surface area contributed by atoms with Gasteiger partial charge in [-0.2, -0.15) is 5.26 Å². The molecule has 0 aromatic heterocycles. The van der Waals surface area contributed by atoms with Gasteiger partial charge in [-0.25, -0.2) is 0 Å². The van der Waals surface area contributed by atoms with Gasteiger partial charge in [-0.15, -0.1) is 0 Å². The zero-order chi connectivity index (χ0) is 5.98. The maximum atomic E-state index is 8.31. The predicted octanol–water partition coefficient (Wildman–Crippen LogP) is 0.495. The molecule has 2 N–H and O–H groups in total. The van der Waals surface area contributed by atoms with Crippen LogP contribution in [0.1, 0.15) is 12.8 Å². The Morgan fingerprint density at radius 1 is 1.62 bits per heavy atom. The van der Waals surface area contributed by atoms with E-state index in [4.69, 9.17) is 11.0 Å². The zero-order valence-corrected chi connectivity index (χ0v) is 4.80. The molecule has 0 bridgehead atoms. The van der Waals surface area contributed by atoms with Crippen molar-refractivity contribution in [3.63, 3.8) is 0 Å². The van der Waals surface area contributed by atoms with Gasteiger partial charge in [-0.3, -0.25) is 0 Å². The highest BCUT2D eigenvalue weighted by atomic mass is 14.6. The number of rotatable bonds is 1.